The van der Waals surface area contributed by atoms with E-state index in [0.29, 0.717) is 23.5 Å². The summed E-state index contributed by atoms with van der Waals surface area (Å²) in [6.07, 6.45) is 0. The number of rotatable bonds is 9. The van der Waals surface area contributed by atoms with Crippen molar-refractivity contribution < 1.29 is 22.3 Å². The summed E-state index contributed by atoms with van der Waals surface area (Å²) < 4.78 is 46.4. The molecule has 29 heavy (non-hydrogen) atoms. The fraction of sp³-hybridized carbons (Fsp3) is 0.381. The van der Waals surface area contributed by atoms with Gasteiger partial charge >= 0.3 is 0 Å². The molecule has 2 aromatic rings. The van der Waals surface area contributed by atoms with Gasteiger partial charge in [-0.1, -0.05) is 25.1 Å². The zero-order valence-corrected chi connectivity index (χ0v) is 18.0. The number of benzene rings is 2. The van der Waals surface area contributed by atoms with Crippen LogP contribution in [0.3, 0.4) is 0 Å². The van der Waals surface area contributed by atoms with Crippen molar-refractivity contribution in [3.8, 4) is 5.75 Å². The third kappa shape index (κ3) is 5.55. The van der Waals surface area contributed by atoms with Crippen LogP contribution in [0.2, 0.25) is 0 Å². The number of amides is 1. The number of aryl methyl sites for hydroxylation is 1. The fourth-order valence-corrected chi connectivity index (χ4v) is 4.34. The van der Waals surface area contributed by atoms with Gasteiger partial charge in [-0.25, -0.2) is 12.8 Å². The molecule has 0 N–H and O–H groups in total. The molecule has 8 heteroatoms. The highest BCUT2D eigenvalue weighted by atomic mass is 32.2. The lowest BCUT2D eigenvalue weighted by Gasteiger charge is -2.24. The van der Waals surface area contributed by atoms with Gasteiger partial charge in [0.1, 0.15) is 11.6 Å². The molecule has 0 heterocycles. The first-order valence-electron chi connectivity index (χ1n) is 9.41. The van der Waals surface area contributed by atoms with E-state index < -0.39 is 21.7 Å². The summed E-state index contributed by atoms with van der Waals surface area (Å²) in [5.74, 6) is -0.200. The Morgan fingerprint density at radius 2 is 1.83 bits per heavy atom. The average molecular weight is 423 g/mol. The Bertz CT molecular complexity index is 963. The highest BCUT2D eigenvalue weighted by Gasteiger charge is 2.27. The zero-order valence-electron chi connectivity index (χ0n) is 17.2. The van der Waals surface area contributed by atoms with E-state index in [9.17, 15) is 17.6 Å². The normalized spacial score (nSPS) is 11.5. The fourth-order valence-electron chi connectivity index (χ4n) is 2.86. The quantitative estimate of drug-likeness (QED) is 0.622. The minimum atomic E-state index is -3.86. The SMILES string of the molecule is CCOc1ccc(S(=O)(=O)N(CC)CC(=O)N(C)Cc2ccccc2F)cc1C. The molecule has 0 fully saturated rings. The monoisotopic (exact) mass is 422 g/mol. The number of nitrogens with zero attached hydrogens (tertiary/aromatic N) is 2. The van der Waals surface area contributed by atoms with Gasteiger partial charge in [-0.3, -0.25) is 4.79 Å². The second kappa shape index (κ2) is 9.84. The van der Waals surface area contributed by atoms with Crippen LogP contribution in [-0.4, -0.2) is 50.3 Å². The summed E-state index contributed by atoms with van der Waals surface area (Å²) in [5, 5.41) is 0. The highest BCUT2D eigenvalue weighted by Crippen LogP contribution is 2.24. The van der Waals surface area contributed by atoms with E-state index in [4.69, 9.17) is 4.74 Å². The number of carbonyl (C=O) groups excluding carboxylic acids is 1. The van der Waals surface area contributed by atoms with E-state index in [-0.39, 0.29) is 24.5 Å². The molecular formula is C21H27FN2O4S. The Kier molecular flexibility index (Phi) is 7.75. The summed E-state index contributed by atoms with van der Waals surface area (Å²) in [6.45, 7) is 5.65. The molecule has 158 valence electrons. The summed E-state index contributed by atoms with van der Waals surface area (Å²) in [4.78, 5) is 14.0. The minimum Gasteiger partial charge on any atom is -0.494 e. The van der Waals surface area contributed by atoms with Crippen LogP contribution in [0.5, 0.6) is 5.75 Å². The van der Waals surface area contributed by atoms with Gasteiger partial charge in [0.15, 0.2) is 0 Å². The lowest BCUT2D eigenvalue weighted by atomic mass is 10.2. The van der Waals surface area contributed by atoms with E-state index in [2.05, 4.69) is 0 Å². The maximum Gasteiger partial charge on any atom is 0.243 e. The highest BCUT2D eigenvalue weighted by molar-refractivity contribution is 7.89. The van der Waals surface area contributed by atoms with Gasteiger partial charge in [0, 0.05) is 25.7 Å². The molecule has 0 saturated heterocycles. The standard InChI is InChI=1S/C21H27FN2O4S/c1-5-24(15-21(25)23(4)14-17-9-7-8-10-19(17)22)29(26,27)18-11-12-20(28-6-2)16(3)13-18/h7-13H,5-6,14-15H2,1-4H3. The number of sulfonamides is 1. The number of hydrogen-bond acceptors (Lipinski definition) is 4. The number of halogens is 1. The predicted octanol–water partition coefficient (Wildman–Crippen LogP) is 3.20. The molecule has 0 aliphatic carbocycles. The second-order valence-corrected chi connectivity index (χ2v) is 8.57. The van der Waals surface area contributed by atoms with Gasteiger partial charge in [-0.15, -0.1) is 0 Å². The van der Waals surface area contributed by atoms with Crippen molar-refractivity contribution in [1.29, 1.82) is 0 Å². The maximum absolute atomic E-state index is 13.8. The first-order valence-corrected chi connectivity index (χ1v) is 10.9. The lowest BCUT2D eigenvalue weighted by molar-refractivity contribution is -0.130. The van der Waals surface area contributed by atoms with Crippen molar-refractivity contribution in [2.45, 2.75) is 32.2 Å². The Morgan fingerprint density at radius 1 is 1.14 bits per heavy atom. The Balaban J connectivity index is 2.16. The Labute approximate surface area is 171 Å². The zero-order chi connectivity index (χ0) is 21.6. The van der Waals surface area contributed by atoms with Crippen LogP contribution < -0.4 is 4.74 Å². The molecule has 0 atom stereocenters. The maximum atomic E-state index is 13.8. The molecule has 0 radical (unpaired) electrons. The van der Waals surface area contributed by atoms with E-state index in [1.54, 1.807) is 38.1 Å². The first-order chi connectivity index (χ1) is 13.7. The molecule has 0 aromatic heterocycles. The molecule has 0 bridgehead atoms. The Hall–Kier alpha value is -2.45. The van der Waals surface area contributed by atoms with Crippen LogP contribution in [0.25, 0.3) is 0 Å². The van der Waals surface area contributed by atoms with Gasteiger partial charge in [-0.2, -0.15) is 4.31 Å². The second-order valence-electron chi connectivity index (χ2n) is 6.63. The summed E-state index contributed by atoms with van der Waals surface area (Å²) >= 11 is 0. The molecule has 6 nitrogen and oxygen atoms in total. The van der Waals surface area contributed by atoms with Crippen molar-refractivity contribution in [3.63, 3.8) is 0 Å². The molecule has 0 spiro atoms. The summed E-state index contributed by atoms with van der Waals surface area (Å²) in [5.41, 5.74) is 1.07. The van der Waals surface area contributed by atoms with Gasteiger partial charge < -0.3 is 9.64 Å². The van der Waals surface area contributed by atoms with Gasteiger partial charge in [-0.05, 0) is 43.7 Å². The number of carbonyl (C=O) groups is 1. The van der Waals surface area contributed by atoms with Crippen LogP contribution in [0.1, 0.15) is 25.0 Å². The Morgan fingerprint density at radius 3 is 2.41 bits per heavy atom. The third-order valence-electron chi connectivity index (χ3n) is 4.54. The smallest absolute Gasteiger partial charge is 0.243 e. The van der Waals surface area contributed by atoms with Crippen LogP contribution in [-0.2, 0) is 21.4 Å². The molecular weight excluding hydrogens is 395 g/mol. The number of ether oxygens (including phenoxy) is 1. The molecule has 0 saturated carbocycles. The molecule has 0 aliphatic rings. The van der Waals surface area contributed by atoms with E-state index in [0.717, 1.165) is 4.31 Å². The minimum absolute atomic E-state index is 0.0608. The van der Waals surface area contributed by atoms with E-state index >= 15 is 0 Å². The van der Waals surface area contributed by atoms with Gasteiger partial charge in [0.05, 0.1) is 18.0 Å². The van der Waals surface area contributed by atoms with E-state index in [1.807, 2.05) is 6.92 Å². The van der Waals surface area contributed by atoms with Crippen molar-refractivity contribution in [1.82, 2.24) is 9.21 Å². The molecule has 2 rings (SSSR count). The average Bonchev–Trinajstić information content (AvgIpc) is 2.69. The first kappa shape index (κ1) is 22.8. The lowest BCUT2D eigenvalue weighted by Crippen LogP contribution is -2.41. The van der Waals surface area contributed by atoms with Crippen LogP contribution in [0.15, 0.2) is 47.4 Å². The molecule has 2 aromatic carbocycles. The molecule has 0 aliphatic heterocycles. The number of hydrogen-bond donors (Lipinski definition) is 0. The largest absolute Gasteiger partial charge is 0.494 e. The van der Waals surface area contributed by atoms with Crippen molar-refractivity contribution >= 4 is 15.9 Å². The topological polar surface area (TPSA) is 66.9 Å². The molecule has 0 unspecified atom stereocenters. The van der Waals surface area contributed by atoms with Gasteiger partial charge in [0.2, 0.25) is 15.9 Å². The van der Waals surface area contributed by atoms with Crippen LogP contribution in [0, 0.1) is 12.7 Å². The predicted molar refractivity (Wildman–Crippen MR) is 110 cm³/mol. The summed E-state index contributed by atoms with van der Waals surface area (Å²) in [7, 11) is -2.33. The van der Waals surface area contributed by atoms with E-state index in [1.165, 1.54) is 30.1 Å². The van der Waals surface area contributed by atoms with Crippen molar-refractivity contribution in [2.75, 3.05) is 26.7 Å². The van der Waals surface area contributed by atoms with Crippen LogP contribution in [0.4, 0.5) is 4.39 Å². The van der Waals surface area contributed by atoms with Gasteiger partial charge in [0.25, 0.3) is 0 Å². The molecule has 1 amide bonds. The van der Waals surface area contributed by atoms with Crippen molar-refractivity contribution in [3.05, 3.63) is 59.4 Å². The summed E-state index contributed by atoms with van der Waals surface area (Å²) in [6, 6.07) is 10.8. The van der Waals surface area contributed by atoms with Crippen molar-refractivity contribution in [2.24, 2.45) is 0 Å². The van der Waals surface area contributed by atoms with Crippen LogP contribution >= 0.6 is 0 Å². The third-order valence-corrected chi connectivity index (χ3v) is 6.46. The number of likely N-dealkylation sites (N-methyl/N-ethyl adjacent to an activating group) is 2.